The van der Waals surface area contributed by atoms with Gasteiger partial charge in [0.2, 0.25) is 0 Å². The van der Waals surface area contributed by atoms with Crippen LogP contribution in [0.4, 0.5) is 4.79 Å². The second-order valence-corrected chi connectivity index (χ2v) is 3.48. The zero-order valence-electron chi connectivity index (χ0n) is 7.57. The lowest BCUT2D eigenvalue weighted by atomic mass is 9.86. The van der Waals surface area contributed by atoms with E-state index in [9.17, 15) is 9.59 Å². The third-order valence-electron chi connectivity index (χ3n) is 2.51. The van der Waals surface area contributed by atoms with Crippen molar-refractivity contribution in [3.63, 3.8) is 0 Å². The molecule has 1 rings (SSSR count). The first-order valence-electron chi connectivity index (χ1n) is 4.62. The maximum Gasteiger partial charge on any atom is 0.404 e. The Balaban J connectivity index is 2.22. The zero-order valence-corrected chi connectivity index (χ0v) is 7.57. The van der Waals surface area contributed by atoms with Gasteiger partial charge in [-0.2, -0.15) is 0 Å². The summed E-state index contributed by atoms with van der Waals surface area (Å²) >= 11 is 0. The van der Waals surface area contributed by atoms with Crippen LogP contribution in [0.1, 0.15) is 32.1 Å². The summed E-state index contributed by atoms with van der Waals surface area (Å²) in [7, 11) is 0. The van der Waals surface area contributed by atoms with E-state index in [4.69, 9.17) is 10.5 Å². The highest BCUT2D eigenvalue weighted by Gasteiger charge is 2.22. The molecule has 4 heteroatoms. The average Bonchev–Trinajstić information content (AvgIpc) is 2.08. The standard InChI is InChI=1S/C9H15NO3/c10-9(12)13-8-3-1-7(2-4-8)5-6-11/h6-8H,1-5H2,(H2,10,12)/t7-,8-. The average molecular weight is 185 g/mol. The van der Waals surface area contributed by atoms with Crippen LogP contribution in [0.3, 0.4) is 0 Å². The van der Waals surface area contributed by atoms with E-state index in [1.807, 2.05) is 0 Å². The Morgan fingerprint density at radius 3 is 2.46 bits per heavy atom. The van der Waals surface area contributed by atoms with Crippen LogP contribution in [0.15, 0.2) is 0 Å². The highest BCUT2D eigenvalue weighted by atomic mass is 16.6. The smallest absolute Gasteiger partial charge is 0.404 e. The van der Waals surface area contributed by atoms with Crippen LogP contribution in [0, 0.1) is 5.92 Å². The second kappa shape index (κ2) is 4.84. The van der Waals surface area contributed by atoms with Gasteiger partial charge in [0.15, 0.2) is 0 Å². The molecule has 13 heavy (non-hydrogen) atoms. The molecule has 0 saturated heterocycles. The first-order valence-corrected chi connectivity index (χ1v) is 4.62. The topological polar surface area (TPSA) is 69.4 Å². The normalized spacial score (nSPS) is 28.0. The first kappa shape index (κ1) is 10.0. The fraction of sp³-hybridized carbons (Fsp3) is 0.778. The lowest BCUT2D eigenvalue weighted by molar-refractivity contribution is -0.109. The van der Waals surface area contributed by atoms with Gasteiger partial charge in [-0.15, -0.1) is 0 Å². The molecule has 0 spiro atoms. The fourth-order valence-electron chi connectivity index (χ4n) is 1.79. The van der Waals surface area contributed by atoms with Crippen molar-refractivity contribution in [3.8, 4) is 0 Å². The van der Waals surface area contributed by atoms with E-state index >= 15 is 0 Å². The molecule has 0 aromatic carbocycles. The molecule has 0 unspecified atom stereocenters. The van der Waals surface area contributed by atoms with Crippen LogP contribution in [0.2, 0.25) is 0 Å². The quantitative estimate of drug-likeness (QED) is 0.672. The lowest BCUT2D eigenvalue weighted by Gasteiger charge is -2.26. The van der Waals surface area contributed by atoms with Gasteiger partial charge in [-0.05, 0) is 31.6 Å². The molecule has 0 aliphatic heterocycles. The SMILES string of the molecule is NC(=O)O[C@H]1CC[C@H](CC=O)CC1. The highest BCUT2D eigenvalue weighted by molar-refractivity contribution is 5.64. The summed E-state index contributed by atoms with van der Waals surface area (Å²) in [5, 5.41) is 0. The minimum atomic E-state index is -0.696. The van der Waals surface area contributed by atoms with Gasteiger partial charge in [0, 0.05) is 6.42 Å². The number of carbonyl (C=O) groups excluding carboxylic acids is 2. The van der Waals surface area contributed by atoms with Crippen LogP contribution >= 0.6 is 0 Å². The summed E-state index contributed by atoms with van der Waals surface area (Å²) in [6, 6.07) is 0. The van der Waals surface area contributed by atoms with Crippen molar-refractivity contribution in [1.82, 2.24) is 0 Å². The van der Waals surface area contributed by atoms with Crippen LogP contribution in [0.25, 0.3) is 0 Å². The van der Waals surface area contributed by atoms with Crippen molar-refractivity contribution in [1.29, 1.82) is 0 Å². The summed E-state index contributed by atoms with van der Waals surface area (Å²) in [5.74, 6) is 0.477. The number of hydrogen-bond donors (Lipinski definition) is 1. The van der Waals surface area contributed by atoms with Crippen molar-refractivity contribution in [2.75, 3.05) is 0 Å². The third-order valence-corrected chi connectivity index (χ3v) is 2.51. The third kappa shape index (κ3) is 3.44. The Bertz CT molecular complexity index is 185. The van der Waals surface area contributed by atoms with E-state index in [1.54, 1.807) is 0 Å². The van der Waals surface area contributed by atoms with Crippen molar-refractivity contribution in [3.05, 3.63) is 0 Å². The van der Waals surface area contributed by atoms with Gasteiger partial charge in [0.05, 0.1) is 0 Å². The molecule has 1 fully saturated rings. The zero-order chi connectivity index (χ0) is 9.68. The number of carbonyl (C=O) groups is 2. The molecule has 1 aliphatic carbocycles. The van der Waals surface area contributed by atoms with Gasteiger partial charge < -0.3 is 15.3 Å². The lowest BCUT2D eigenvalue weighted by Crippen LogP contribution is -2.27. The summed E-state index contributed by atoms with van der Waals surface area (Å²) in [6.45, 7) is 0. The number of ether oxygens (including phenoxy) is 1. The van der Waals surface area contributed by atoms with Crippen LogP contribution < -0.4 is 5.73 Å². The van der Waals surface area contributed by atoms with Gasteiger partial charge in [-0.25, -0.2) is 4.79 Å². The Kier molecular flexibility index (Phi) is 3.73. The van der Waals surface area contributed by atoms with E-state index in [0.29, 0.717) is 12.3 Å². The molecular weight excluding hydrogens is 170 g/mol. The fourth-order valence-corrected chi connectivity index (χ4v) is 1.79. The molecule has 1 amide bonds. The maximum absolute atomic E-state index is 10.4. The van der Waals surface area contributed by atoms with E-state index in [2.05, 4.69) is 0 Å². The number of nitrogens with two attached hydrogens (primary N) is 1. The maximum atomic E-state index is 10.4. The number of rotatable bonds is 3. The molecule has 0 heterocycles. The molecule has 0 atom stereocenters. The molecular formula is C9H15NO3. The molecule has 74 valence electrons. The van der Waals surface area contributed by atoms with Crippen LogP contribution in [-0.2, 0) is 9.53 Å². The molecule has 0 aromatic heterocycles. The van der Waals surface area contributed by atoms with E-state index in [-0.39, 0.29) is 6.10 Å². The number of primary amides is 1. The molecule has 1 aliphatic rings. The summed E-state index contributed by atoms with van der Waals surface area (Å²) < 4.78 is 4.87. The predicted molar refractivity (Wildman–Crippen MR) is 47.1 cm³/mol. The van der Waals surface area contributed by atoms with E-state index in [0.717, 1.165) is 32.0 Å². The number of hydrogen-bond acceptors (Lipinski definition) is 3. The van der Waals surface area contributed by atoms with Gasteiger partial charge in [-0.3, -0.25) is 0 Å². The van der Waals surface area contributed by atoms with Gasteiger partial charge in [0.25, 0.3) is 0 Å². The Morgan fingerprint density at radius 1 is 1.38 bits per heavy atom. The molecule has 0 aromatic rings. The number of amides is 1. The van der Waals surface area contributed by atoms with Crippen molar-refractivity contribution in [2.24, 2.45) is 11.7 Å². The Hall–Kier alpha value is -1.06. The van der Waals surface area contributed by atoms with Crippen LogP contribution in [-0.4, -0.2) is 18.5 Å². The summed E-state index contributed by atoms with van der Waals surface area (Å²) in [6.07, 6.45) is 4.44. The minimum Gasteiger partial charge on any atom is -0.446 e. The second-order valence-electron chi connectivity index (χ2n) is 3.48. The molecule has 2 N–H and O–H groups in total. The summed E-state index contributed by atoms with van der Waals surface area (Å²) in [4.78, 5) is 20.6. The van der Waals surface area contributed by atoms with E-state index in [1.165, 1.54) is 0 Å². The minimum absolute atomic E-state index is 0.0274. The van der Waals surface area contributed by atoms with Crippen LogP contribution in [0.5, 0.6) is 0 Å². The van der Waals surface area contributed by atoms with Gasteiger partial charge in [0.1, 0.15) is 12.4 Å². The molecule has 0 bridgehead atoms. The van der Waals surface area contributed by atoms with Crippen molar-refractivity contribution in [2.45, 2.75) is 38.2 Å². The molecule has 4 nitrogen and oxygen atoms in total. The predicted octanol–water partition coefficient (Wildman–Crippen LogP) is 1.23. The number of aldehydes is 1. The first-order chi connectivity index (χ1) is 6.22. The van der Waals surface area contributed by atoms with Crippen molar-refractivity contribution >= 4 is 12.4 Å². The summed E-state index contributed by atoms with van der Waals surface area (Å²) in [5.41, 5.74) is 4.90. The molecule has 1 saturated carbocycles. The van der Waals surface area contributed by atoms with Gasteiger partial charge >= 0.3 is 6.09 Å². The van der Waals surface area contributed by atoms with Gasteiger partial charge in [-0.1, -0.05) is 0 Å². The van der Waals surface area contributed by atoms with E-state index < -0.39 is 6.09 Å². The highest BCUT2D eigenvalue weighted by Crippen LogP contribution is 2.27. The Morgan fingerprint density at radius 2 is 2.00 bits per heavy atom. The Labute approximate surface area is 77.4 Å². The van der Waals surface area contributed by atoms with Crippen molar-refractivity contribution < 1.29 is 14.3 Å². The monoisotopic (exact) mass is 185 g/mol. The molecule has 0 radical (unpaired) electrons. The largest absolute Gasteiger partial charge is 0.446 e.